The lowest BCUT2D eigenvalue weighted by molar-refractivity contribution is -0.0596. The number of benzene rings is 2. The van der Waals surface area contributed by atoms with Crippen LogP contribution in [0.4, 0.5) is 4.79 Å². The topological polar surface area (TPSA) is 74.4 Å². The summed E-state index contributed by atoms with van der Waals surface area (Å²) >= 11 is 12.2. The number of ketones is 1. The zero-order valence-corrected chi connectivity index (χ0v) is 17.7. The number of carbonyl (C=O) groups is 2. The van der Waals surface area contributed by atoms with E-state index in [-0.39, 0.29) is 18.2 Å². The molecule has 30 heavy (non-hydrogen) atoms. The summed E-state index contributed by atoms with van der Waals surface area (Å²) in [6.45, 7) is 3.10. The van der Waals surface area contributed by atoms with Crippen molar-refractivity contribution in [2.45, 2.75) is 25.5 Å². The minimum Gasteiger partial charge on any atom is -0.481 e. The number of aromatic nitrogens is 1. The molecular formula is C22H19Cl2N3O3. The molecule has 1 fully saturated rings. The number of fused-ring (bicyclic) bond motifs is 2. The molecule has 2 amide bonds. The second-order valence-corrected chi connectivity index (χ2v) is 8.88. The third-order valence-electron chi connectivity index (χ3n) is 5.62. The number of amides is 2. The van der Waals surface area contributed by atoms with Crippen LogP contribution in [0.2, 0.25) is 10.0 Å². The van der Waals surface area contributed by atoms with Gasteiger partial charge in [0.05, 0.1) is 30.1 Å². The van der Waals surface area contributed by atoms with Crippen molar-refractivity contribution in [3.05, 3.63) is 63.3 Å². The van der Waals surface area contributed by atoms with Gasteiger partial charge in [0, 0.05) is 22.8 Å². The Kier molecular flexibility index (Phi) is 4.45. The average Bonchev–Trinajstić information content (AvgIpc) is 3.04. The summed E-state index contributed by atoms with van der Waals surface area (Å²) in [5.41, 5.74) is 2.87. The first-order valence-electron chi connectivity index (χ1n) is 9.64. The molecule has 0 radical (unpaired) electrons. The first kappa shape index (κ1) is 19.3. The Labute approximate surface area is 183 Å². The average molecular weight is 444 g/mol. The van der Waals surface area contributed by atoms with Gasteiger partial charge in [-0.05, 0) is 48.2 Å². The molecule has 1 spiro atoms. The molecule has 2 aromatic carbocycles. The number of hydrogen-bond acceptors (Lipinski definition) is 3. The molecule has 0 unspecified atom stereocenters. The highest BCUT2D eigenvalue weighted by Crippen LogP contribution is 2.43. The van der Waals surface area contributed by atoms with Crippen molar-refractivity contribution in [3.63, 3.8) is 0 Å². The highest BCUT2D eigenvalue weighted by molar-refractivity contribution is 6.36. The van der Waals surface area contributed by atoms with E-state index >= 15 is 0 Å². The van der Waals surface area contributed by atoms with Gasteiger partial charge in [-0.25, -0.2) is 4.79 Å². The van der Waals surface area contributed by atoms with Gasteiger partial charge in [0.2, 0.25) is 0 Å². The van der Waals surface area contributed by atoms with Crippen molar-refractivity contribution in [3.8, 4) is 5.75 Å². The monoisotopic (exact) mass is 443 g/mol. The summed E-state index contributed by atoms with van der Waals surface area (Å²) in [6.07, 6.45) is 0.198. The number of hydrogen-bond donors (Lipinski definition) is 2. The summed E-state index contributed by atoms with van der Waals surface area (Å²) in [6, 6.07) is 11.1. The molecule has 2 N–H and O–H groups in total. The largest absolute Gasteiger partial charge is 0.481 e. The third-order valence-corrected chi connectivity index (χ3v) is 6.12. The molecule has 0 saturated carbocycles. The molecule has 2 aliphatic rings. The number of halogens is 2. The zero-order chi connectivity index (χ0) is 21.0. The molecule has 1 saturated heterocycles. The van der Waals surface area contributed by atoms with E-state index < -0.39 is 5.60 Å². The number of ether oxygens (including phenoxy) is 1. The molecular weight excluding hydrogens is 425 g/mol. The number of H-pyrrole nitrogens is 1. The highest BCUT2D eigenvalue weighted by Gasteiger charge is 2.52. The van der Waals surface area contributed by atoms with Crippen LogP contribution >= 0.6 is 23.2 Å². The van der Waals surface area contributed by atoms with E-state index in [9.17, 15) is 9.59 Å². The highest BCUT2D eigenvalue weighted by atomic mass is 35.5. The van der Waals surface area contributed by atoms with E-state index in [1.807, 2.05) is 19.1 Å². The third kappa shape index (κ3) is 3.30. The lowest BCUT2D eigenvalue weighted by atomic mass is 9.84. The van der Waals surface area contributed by atoms with Crippen LogP contribution in [0.3, 0.4) is 0 Å². The van der Waals surface area contributed by atoms with Crippen LogP contribution in [-0.2, 0) is 6.54 Å². The maximum absolute atomic E-state index is 12.6. The Hall–Kier alpha value is -2.70. The number of urea groups is 1. The number of aromatic amines is 1. The standard InChI is InChI=1S/C22H19Cl2N3O3/c1-12-4-14-5-13(2-3-18(14)26-12)9-25-21(29)27-10-22(11-27)8-19(28)16-6-15(23)7-17(24)20(16)30-22/h2-7,26H,8-11H2,1H3,(H,25,29). The molecule has 0 bridgehead atoms. The number of carbonyl (C=O) groups excluding carboxylic acids is 2. The molecule has 3 aromatic rings. The van der Waals surface area contributed by atoms with Gasteiger partial charge in [-0.15, -0.1) is 0 Å². The van der Waals surface area contributed by atoms with E-state index in [1.165, 1.54) is 0 Å². The molecule has 5 rings (SSSR count). The second kappa shape index (κ2) is 6.93. The fraction of sp³-hybridized carbons (Fsp3) is 0.273. The zero-order valence-electron chi connectivity index (χ0n) is 16.2. The van der Waals surface area contributed by atoms with Crippen molar-refractivity contribution < 1.29 is 14.3 Å². The van der Waals surface area contributed by atoms with Crippen LogP contribution < -0.4 is 10.1 Å². The van der Waals surface area contributed by atoms with Crippen molar-refractivity contribution in [1.29, 1.82) is 0 Å². The fourth-order valence-corrected chi connectivity index (χ4v) is 4.74. The minimum absolute atomic E-state index is 0.0733. The van der Waals surface area contributed by atoms with Crippen LogP contribution in [0.15, 0.2) is 36.4 Å². The Balaban J connectivity index is 1.22. The molecule has 6 nitrogen and oxygen atoms in total. The maximum Gasteiger partial charge on any atom is 0.317 e. The predicted molar refractivity (Wildman–Crippen MR) is 116 cm³/mol. The number of nitrogens with one attached hydrogen (secondary N) is 2. The van der Waals surface area contributed by atoms with Gasteiger partial charge in [-0.3, -0.25) is 4.79 Å². The molecule has 0 aliphatic carbocycles. The number of likely N-dealkylation sites (tertiary alicyclic amines) is 1. The van der Waals surface area contributed by atoms with Crippen LogP contribution in [0.25, 0.3) is 10.9 Å². The molecule has 8 heteroatoms. The number of nitrogens with zero attached hydrogens (tertiary/aromatic N) is 1. The van der Waals surface area contributed by atoms with E-state index in [0.29, 0.717) is 41.0 Å². The number of rotatable bonds is 2. The van der Waals surface area contributed by atoms with Crippen LogP contribution in [0.1, 0.15) is 28.0 Å². The number of aryl methyl sites for hydroxylation is 1. The van der Waals surface area contributed by atoms with Crippen LogP contribution in [0.5, 0.6) is 5.75 Å². The summed E-state index contributed by atoms with van der Waals surface area (Å²) in [4.78, 5) is 30.1. The van der Waals surface area contributed by atoms with Gasteiger partial charge < -0.3 is 19.9 Å². The molecule has 2 aliphatic heterocycles. The van der Waals surface area contributed by atoms with Gasteiger partial charge in [-0.2, -0.15) is 0 Å². The smallest absolute Gasteiger partial charge is 0.317 e. The van der Waals surface area contributed by atoms with Crippen molar-refractivity contribution >= 4 is 45.9 Å². The lowest BCUT2D eigenvalue weighted by Crippen LogP contribution is -2.69. The Morgan fingerprint density at radius 3 is 2.83 bits per heavy atom. The van der Waals surface area contributed by atoms with Gasteiger partial charge in [0.15, 0.2) is 11.4 Å². The van der Waals surface area contributed by atoms with Crippen LogP contribution in [-0.4, -0.2) is 40.4 Å². The normalized spacial score (nSPS) is 16.9. The first-order valence-corrected chi connectivity index (χ1v) is 10.4. The minimum atomic E-state index is -0.722. The first-order chi connectivity index (χ1) is 14.3. The van der Waals surface area contributed by atoms with E-state index in [2.05, 4.69) is 22.4 Å². The second-order valence-electron chi connectivity index (χ2n) is 8.04. The Morgan fingerprint density at radius 1 is 1.23 bits per heavy atom. The van der Waals surface area contributed by atoms with Crippen LogP contribution in [0, 0.1) is 6.92 Å². The Bertz CT molecular complexity index is 1200. The Morgan fingerprint density at radius 2 is 2.03 bits per heavy atom. The molecule has 1 aromatic heterocycles. The van der Waals surface area contributed by atoms with E-state index in [0.717, 1.165) is 22.2 Å². The summed E-state index contributed by atoms with van der Waals surface area (Å²) in [5.74, 6) is 0.281. The number of Topliss-reactive ketones (excluding diaryl/α,β-unsaturated/α-hetero) is 1. The van der Waals surface area contributed by atoms with Gasteiger partial charge >= 0.3 is 6.03 Å². The molecule has 3 heterocycles. The SMILES string of the molecule is Cc1cc2cc(CNC(=O)N3CC4(CC(=O)c5cc(Cl)cc(Cl)c5O4)C3)ccc2[nH]1. The van der Waals surface area contributed by atoms with E-state index in [4.69, 9.17) is 27.9 Å². The van der Waals surface area contributed by atoms with Crippen molar-refractivity contribution in [1.82, 2.24) is 15.2 Å². The maximum atomic E-state index is 12.6. The molecule has 154 valence electrons. The summed E-state index contributed by atoms with van der Waals surface area (Å²) < 4.78 is 6.07. The molecule has 0 atom stereocenters. The van der Waals surface area contributed by atoms with Gasteiger partial charge in [0.25, 0.3) is 0 Å². The van der Waals surface area contributed by atoms with Crippen molar-refractivity contribution in [2.75, 3.05) is 13.1 Å². The van der Waals surface area contributed by atoms with Gasteiger partial charge in [-0.1, -0.05) is 29.3 Å². The fourth-order valence-electron chi connectivity index (χ4n) is 4.21. The predicted octanol–water partition coefficient (Wildman–Crippen LogP) is 4.71. The summed E-state index contributed by atoms with van der Waals surface area (Å²) in [7, 11) is 0. The quantitative estimate of drug-likeness (QED) is 0.601. The van der Waals surface area contributed by atoms with Gasteiger partial charge in [0.1, 0.15) is 5.75 Å². The van der Waals surface area contributed by atoms with Crippen molar-refractivity contribution in [2.24, 2.45) is 0 Å². The summed E-state index contributed by atoms with van der Waals surface area (Å²) in [5, 5.41) is 4.76. The lowest BCUT2D eigenvalue weighted by Gasteiger charge is -2.51. The van der Waals surface area contributed by atoms with E-state index in [1.54, 1.807) is 17.0 Å².